The third-order valence-corrected chi connectivity index (χ3v) is 3.30. The second kappa shape index (κ2) is 4.86. The van der Waals surface area contributed by atoms with Crippen molar-refractivity contribution in [2.45, 2.75) is 6.54 Å². The van der Waals surface area contributed by atoms with Gasteiger partial charge in [-0.15, -0.1) is 0 Å². The van der Waals surface area contributed by atoms with Gasteiger partial charge in [-0.25, -0.2) is 0 Å². The van der Waals surface area contributed by atoms with Crippen LogP contribution in [0.2, 0.25) is 0 Å². The number of pyridine rings is 1. The van der Waals surface area contributed by atoms with E-state index in [9.17, 15) is 9.59 Å². The number of ketones is 2. The highest BCUT2D eigenvalue weighted by molar-refractivity contribution is 6.38. The SMILES string of the molecule is NCCn1ccc2c1C(=O)C=C(c1cccnc1)C2=O. The number of carbonyl (C=O) groups is 2. The predicted molar refractivity (Wildman–Crippen MR) is 74.4 cm³/mol. The summed E-state index contributed by atoms with van der Waals surface area (Å²) in [6.45, 7) is 0.937. The molecule has 1 aliphatic rings. The molecule has 0 atom stereocenters. The molecule has 0 aromatic carbocycles. The third-order valence-electron chi connectivity index (χ3n) is 3.30. The summed E-state index contributed by atoms with van der Waals surface area (Å²) in [4.78, 5) is 28.7. The Hall–Kier alpha value is -2.53. The summed E-state index contributed by atoms with van der Waals surface area (Å²) < 4.78 is 1.73. The summed E-state index contributed by atoms with van der Waals surface area (Å²) in [6.07, 6.45) is 6.32. The van der Waals surface area contributed by atoms with Crippen molar-refractivity contribution >= 4 is 17.1 Å². The molecule has 0 radical (unpaired) electrons. The van der Waals surface area contributed by atoms with E-state index in [4.69, 9.17) is 5.73 Å². The summed E-state index contributed by atoms with van der Waals surface area (Å²) in [6, 6.07) is 5.18. The van der Waals surface area contributed by atoms with Crippen LogP contribution in [0.1, 0.15) is 26.4 Å². The third kappa shape index (κ3) is 1.88. The number of Topliss-reactive ketones (excluding diaryl/α,β-unsaturated/α-hetero) is 1. The first-order chi connectivity index (χ1) is 9.72. The second-order valence-corrected chi connectivity index (χ2v) is 4.55. The van der Waals surface area contributed by atoms with Crippen LogP contribution >= 0.6 is 0 Å². The number of fused-ring (bicyclic) bond motifs is 1. The van der Waals surface area contributed by atoms with Gasteiger partial charge in [-0.3, -0.25) is 14.6 Å². The van der Waals surface area contributed by atoms with Gasteiger partial charge in [-0.1, -0.05) is 6.07 Å². The van der Waals surface area contributed by atoms with Gasteiger partial charge in [0, 0.05) is 42.8 Å². The summed E-state index contributed by atoms with van der Waals surface area (Å²) in [5, 5.41) is 0. The topological polar surface area (TPSA) is 78.0 Å². The van der Waals surface area contributed by atoms with Crippen molar-refractivity contribution in [2.24, 2.45) is 5.73 Å². The molecule has 2 heterocycles. The van der Waals surface area contributed by atoms with Gasteiger partial charge in [0.05, 0.1) is 5.56 Å². The van der Waals surface area contributed by atoms with Crippen LogP contribution in [0.25, 0.3) is 5.57 Å². The summed E-state index contributed by atoms with van der Waals surface area (Å²) in [5.74, 6) is -0.319. The van der Waals surface area contributed by atoms with E-state index < -0.39 is 0 Å². The minimum Gasteiger partial charge on any atom is -0.343 e. The lowest BCUT2D eigenvalue weighted by Gasteiger charge is -2.14. The van der Waals surface area contributed by atoms with Crippen LogP contribution in [0.15, 0.2) is 42.9 Å². The molecule has 5 nitrogen and oxygen atoms in total. The van der Waals surface area contributed by atoms with Gasteiger partial charge in [0.15, 0.2) is 5.78 Å². The number of aromatic nitrogens is 2. The van der Waals surface area contributed by atoms with Crippen LogP contribution in [0.4, 0.5) is 0 Å². The van der Waals surface area contributed by atoms with Crippen LogP contribution in [0.3, 0.4) is 0 Å². The van der Waals surface area contributed by atoms with Crippen molar-refractivity contribution in [3.05, 3.63) is 59.7 Å². The maximum atomic E-state index is 12.5. The molecule has 20 heavy (non-hydrogen) atoms. The molecule has 0 aliphatic heterocycles. The number of carbonyl (C=O) groups excluding carboxylic acids is 2. The Bertz CT molecular complexity index is 714. The van der Waals surface area contributed by atoms with Gasteiger partial charge < -0.3 is 10.3 Å². The highest BCUT2D eigenvalue weighted by Gasteiger charge is 2.29. The number of nitrogens with zero attached hydrogens (tertiary/aromatic N) is 2. The van der Waals surface area contributed by atoms with E-state index in [-0.39, 0.29) is 11.6 Å². The lowest BCUT2D eigenvalue weighted by atomic mass is 9.91. The first kappa shape index (κ1) is 12.5. The minimum absolute atomic E-state index is 0.150. The van der Waals surface area contributed by atoms with E-state index in [2.05, 4.69) is 4.98 Å². The molecule has 2 aromatic rings. The van der Waals surface area contributed by atoms with Gasteiger partial charge in [-0.05, 0) is 18.2 Å². The first-order valence-electron chi connectivity index (χ1n) is 6.32. The molecule has 2 N–H and O–H groups in total. The highest BCUT2D eigenvalue weighted by Crippen LogP contribution is 2.28. The Balaban J connectivity index is 2.08. The van der Waals surface area contributed by atoms with Crippen molar-refractivity contribution in [1.82, 2.24) is 9.55 Å². The Kier molecular flexibility index (Phi) is 3.04. The average Bonchev–Trinajstić information content (AvgIpc) is 2.89. The quantitative estimate of drug-likeness (QED) is 0.909. The fourth-order valence-corrected chi connectivity index (χ4v) is 2.40. The lowest BCUT2D eigenvalue weighted by Crippen LogP contribution is -2.20. The molecule has 0 fully saturated rings. The van der Waals surface area contributed by atoms with Crippen LogP contribution in [0.5, 0.6) is 0 Å². The number of hydrogen-bond donors (Lipinski definition) is 1. The van der Waals surface area contributed by atoms with E-state index in [1.807, 2.05) is 0 Å². The minimum atomic E-state index is -0.170. The summed E-state index contributed by atoms with van der Waals surface area (Å²) in [5.41, 5.74) is 7.42. The molecule has 0 unspecified atom stereocenters. The first-order valence-corrected chi connectivity index (χ1v) is 6.32. The zero-order valence-electron chi connectivity index (χ0n) is 10.7. The zero-order chi connectivity index (χ0) is 14.1. The van der Waals surface area contributed by atoms with E-state index in [1.165, 1.54) is 6.08 Å². The van der Waals surface area contributed by atoms with E-state index in [1.54, 1.807) is 41.4 Å². The van der Waals surface area contributed by atoms with Gasteiger partial charge in [0.2, 0.25) is 5.78 Å². The molecular formula is C15H13N3O2. The Morgan fingerprint density at radius 1 is 1.25 bits per heavy atom. The molecule has 1 aliphatic carbocycles. The summed E-state index contributed by atoms with van der Waals surface area (Å²) in [7, 11) is 0. The fraction of sp³-hybridized carbons (Fsp3) is 0.133. The Labute approximate surface area is 115 Å². The molecule has 0 bridgehead atoms. The van der Waals surface area contributed by atoms with Gasteiger partial charge in [0.25, 0.3) is 0 Å². The van der Waals surface area contributed by atoms with E-state index in [0.29, 0.717) is 35.5 Å². The molecule has 5 heteroatoms. The molecular weight excluding hydrogens is 254 g/mol. The number of hydrogen-bond acceptors (Lipinski definition) is 4. The Morgan fingerprint density at radius 2 is 2.10 bits per heavy atom. The molecule has 3 rings (SSSR count). The van der Waals surface area contributed by atoms with E-state index >= 15 is 0 Å². The number of allylic oxidation sites excluding steroid dienone is 2. The highest BCUT2D eigenvalue weighted by atomic mass is 16.1. The van der Waals surface area contributed by atoms with Crippen molar-refractivity contribution in [2.75, 3.05) is 6.54 Å². The van der Waals surface area contributed by atoms with Crippen LogP contribution in [-0.4, -0.2) is 27.7 Å². The molecule has 0 saturated carbocycles. The van der Waals surface area contributed by atoms with Crippen molar-refractivity contribution < 1.29 is 9.59 Å². The van der Waals surface area contributed by atoms with Crippen LogP contribution < -0.4 is 5.73 Å². The monoisotopic (exact) mass is 267 g/mol. The van der Waals surface area contributed by atoms with Gasteiger partial charge in [-0.2, -0.15) is 0 Å². The maximum Gasteiger partial charge on any atom is 0.203 e. The van der Waals surface area contributed by atoms with Crippen molar-refractivity contribution in [3.63, 3.8) is 0 Å². The van der Waals surface area contributed by atoms with Crippen LogP contribution in [-0.2, 0) is 6.54 Å². The van der Waals surface area contributed by atoms with Gasteiger partial charge in [0.1, 0.15) is 5.69 Å². The number of nitrogens with two attached hydrogens (primary N) is 1. The molecule has 0 saturated heterocycles. The molecule has 0 spiro atoms. The fourth-order valence-electron chi connectivity index (χ4n) is 2.40. The van der Waals surface area contributed by atoms with Crippen molar-refractivity contribution in [3.8, 4) is 0 Å². The number of rotatable bonds is 3. The lowest BCUT2D eigenvalue weighted by molar-refractivity contribution is 0.0995. The van der Waals surface area contributed by atoms with Crippen LogP contribution in [0, 0.1) is 0 Å². The Morgan fingerprint density at radius 3 is 2.80 bits per heavy atom. The van der Waals surface area contributed by atoms with Crippen molar-refractivity contribution in [1.29, 1.82) is 0 Å². The smallest absolute Gasteiger partial charge is 0.203 e. The predicted octanol–water partition coefficient (Wildman–Crippen LogP) is 1.30. The molecule has 0 amide bonds. The van der Waals surface area contributed by atoms with E-state index in [0.717, 1.165) is 0 Å². The van der Waals surface area contributed by atoms with Gasteiger partial charge >= 0.3 is 0 Å². The zero-order valence-corrected chi connectivity index (χ0v) is 10.7. The largest absolute Gasteiger partial charge is 0.343 e. The summed E-state index contributed by atoms with van der Waals surface area (Å²) >= 11 is 0. The normalized spacial score (nSPS) is 14.2. The maximum absolute atomic E-state index is 12.5. The average molecular weight is 267 g/mol. The molecule has 100 valence electrons. The molecule has 2 aromatic heterocycles. The second-order valence-electron chi connectivity index (χ2n) is 4.55. The standard InChI is InChI=1S/C15H13N3O2/c16-4-7-18-6-3-11-14(18)13(19)8-12(15(11)20)10-2-1-5-17-9-10/h1-3,5-6,8-9H,4,7,16H2.